The maximum absolute atomic E-state index is 13.9. The molecule has 1 amide bonds. The third kappa shape index (κ3) is 7.83. The Morgan fingerprint density at radius 2 is 1.86 bits per heavy atom. The highest BCUT2D eigenvalue weighted by atomic mass is 35.5. The molecule has 3 aromatic carbocycles. The number of allylic oxidation sites excluding steroid dienone is 2. The largest absolute Gasteiger partial charge is 0.496 e. The Bertz CT molecular complexity index is 1940. The number of hydrogen-bond donors (Lipinski definition) is 0. The van der Waals surface area contributed by atoms with Crippen molar-refractivity contribution in [3.8, 4) is 5.75 Å². The highest BCUT2D eigenvalue weighted by Crippen LogP contribution is 2.32. The second-order valence-corrected chi connectivity index (χ2v) is 13.6. The fourth-order valence-electron chi connectivity index (χ4n) is 6.79. The highest BCUT2D eigenvalue weighted by Gasteiger charge is 2.30. The molecule has 0 N–H and O–H groups in total. The van der Waals surface area contributed by atoms with Crippen molar-refractivity contribution in [1.82, 2.24) is 19.4 Å². The van der Waals surface area contributed by atoms with E-state index in [1.165, 1.54) is 0 Å². The second-order valence-electron chi connectivity index (χ2n) is 12.8. The molecule has 0 aliphatic carbocycles. The number of fused-ring (bicyclic) bond motifs is 1. The first-order valence-corrected chi connectivity index (χ1v) is 17.7. The van der Waals surface area contributed by atoms with E-state index in [1.54, 1.807) is 43.5 Å². The lowest BCUT2D eigenvalue weighted by atomic mass is 9.90. The number of benzene rings is 3. The minimum atomic E-state index is -0.333. The minimum Gasteiger partial charge on any atom is -0.496 e. The number of methoxy groups -OCH3 is 1. The molecule has 2 atom stereocenters. The Hall–Kier alpha value is -4.38. The lowest BCUT2D eigenvalue weighted by Crippen LogP contribution is -2.38. The summed E-state index contributed by atoms with van der Waals surface area (Å²) >= 11 is 12.8. The van der Waals surface area contributed by atoms with Crippen LogP contribution in [0.4, 0.5) is 0 Å². The predicted octanol–water partition coefficient (Wildman–Crippen LogP) is 8.26. The average Bonchev–Trinajstić information content (AvgIpc) is 3.82. The number of aromatic nitrogens is 2. The molecule has 3 heterocycles. The Labute approximate surface area is 302 Å². The molecular weight excluding hydrogens is 673 g/mol. The number of nitrogens with zero attached hydrogens (tertiary/aromatic N) is 7. The Morgan fingerprint density at radius 1 is 1.06 bits per heavy atom. The summed E-state index contributed by atoms with van der Waals surface area (Å²) in [4.78, 5) is 36.6. The van der Waals surface area contributed by atoms with Gasteiger partial charge in [0.15, 0.2) is 5.82 Å². The molecule has 0 radical (unpaired) electrons. The van der Waals surface area contributed by atoms with Crippen molar-refractivity contribution in [2.75, 3.05) is 40.3 Å². The summed E-state index contributed by atoms with van der Waals surface area (Å²) in [5.74, 6) is 0.873. The molecule has 0 saturated carbocycles. The zero-order valence-corrected chi connectivity index (χ0v) is 30.0. The van der Waals surface area contributed by atoms with Gasteiger partial charge in [-0.15, -0.1) is 5.10 Å². The smallest absolute Gasteiger partial charge is 0.257 e. The molecule has 10 nitrogen and oxygen atoms in total. The molecular formula is C38H41Cl2N7O3. The molecule has 2 aliphatic rings. The highest BCUT2D eigenvalue weighted by molar-refractivity contribution is 6.42. The van der Waals surface area contributed by atoms with E-state index in [0.29, 0.717) is 40.3 Å². The van der Waals surface area contributed by atoms with Crippen LogP contribution in [-0.4, -0.2) is 77.6 Å². The van der Waals surface area contributed by atoms with Crippen LogP contribution in [0.2, 0.25) is 10.0 Å². The number of Topliss-reactive ketones (excluding diaryl/α,β-unsaturated/α-hetero) is 1. The van der Waals surface area contributed by atoms with Crippen LogP contribution >= 0.6 is 23.2 Å². The standard InChI is InChI=1S/C38H41Cl2N7O3/c1-4-5-17-47-34-9-7-6-8-32(34)42-37(47)36(48)25-14-18-46(19-15-25)20-16-28(26-10-12-30(39)31(40)22-26)24-45(2)38(49)29-21-27(11-13-35(29)50-3)33-23-41-44-43-33/h4-13,21-23,25,28,33H,14-20,24H2,1-3H3. The first-order chi connectivity index (χ1) is 24.3. The fraction of sp³-hybridized carbons (Fsp3) is 0.368. The number of carbonyl (C=O) groups excluding carboxylic acids is 2. The number of amides is 1. The van der Waals surface area contributed by atoms with Gasteiger partial charge in [-0.25, -0.2) is 4.98 Å². The van der Waals surface area contributed by atoms with E-state index in [9.17, 15) is 9.59 Å². The van der Waals surface area contributed by atoms with Gasteiger partial charge < -0.3 is 19.1 Å². The predicted molar refractivity (Wildman–Crippen MR) is 198 cm³/mol. The van der Waals surface area contributed by atoms with E-state index in [-0.39, 0.29) is 29.6 Å². The number of likely N-dealkylation sites (N-methyl/N-ethyl adjacent to an activating group) is 1. The van der Waals surface area contributed by atoms with Gasteiger partial charge in [-0.05, 0) is 98.6 Å². The maximum Gasteiger partial charge on any atom is 0.257 e. The molecule has 0 spiro atoms. The van der Waals surface area contributed by atoms with Gasteiger partial charge in [0.05, 0.1) is 40.0 Å². The van der Waals surface area contributed by atoms with Gasteiger partial charge in [-0.2, -0.15) is 5.11 Å². The van der Waals surface area contributed by atoms with E-state index in [4.69, 9.17) is 32.9 Å². The van der Waals surface area contributed by atoms with Gasteiger partial charge in [0.25, 0.3) is 5.91 Å². The number of piperidine rings is 1. The quantitative estimate of drug-likeness (QED) is 0.102. The van der Waals surface area contributed by atoms with Crippen molar-refractivity contribution >= 4 is 52.1 Å². The lowest BCUT2D eigenvalue weighted by Gasteiger charge is -2.33. The van der Waals surface area contributed by atoms with E-state index in [0.717, 1.165) is 61.1 Å². The number of halogens is 2. The van der Waals surface area contributed by atoms with Crippen LogP contribution in [0.3, 0.4) is 0 Å². The number of likely N-dealkylation sites (tertiary alicyclic amines) is 1. The summed E-state index contributed by atoms with van der Waals surface area (Å²) in [6, 6.07) is 18.7. The van der Waals surface area contributed by atoms with E-state index in [1.807, 2.05) is 60.0 Å². The Kier molecular flexibility index (Phi) is 11.4. The van der Waals surface area contributed by atoms with Crippen LogP contribution in [0.5, 0.6) is 5.75 Å². The summed E-state index contributed by atoms with van der Waals surface area (Å²) in [5.41, 5.74) is 4.08. The van der Waals surface area contributed by atoms with Crippen LogP contribution in [0.25, 0.3) is 11.0 Å². The Morgan fingerprint density at radius 3 is 2.58 bits per heavy atom. The third-order valence-corrected chi connectivity index (χ3v) is 10.4. The van der Waals surface area contributed by atoms with Gasteiger partial charge in [-0.1, -0.05) is 59.6 Å². The SMILES string of the molecule is CC=CCn1c(C(=O)C2CCN(CCC(CN(C)C(=O)c3cc(C4C=NN=N4)ccc3OC)c3ccc(Cl)c(Cl)c3)CC2)nc2ccccc21. The molecule has 1 fully saturated rings. The molecule has 1 saturated heterocycles. The summed E-state index contributed by atoms with van der Waals surface area (Å²) < 4.78 is 7.60. The third-order valence-electron chi connectivity index (χ3n) is 9.64. The normalized spacial score (nSPS) is 17.2. The van der Waals surface area contributed by atoms with Crippen molar-refractivity contribution in [2.45, 2.75) is 44.7 Å². The Balaban J connectivity index is 1.13. The summed E-state index contributed by atoms with van der Waals surface area (Å²) in [6.45, 7) is 5.46. The zero-order chi connectivity index (χ0) is 35.2. The monoisotopic (exact) mass is 713 g/mol. The van der Waals surface area contributed by atoms with Crippen molar-refractivity contribution in [3.63, 3.8) is 0 Å². The van der Waals surface area contributed by atoms with Crippen molar-refractivity contribution in [3.05, 3.63) is 105 Å². The molecule has 1 aromatic heterocycles. The number of para-hydroxylation sites is 2. The molecule has 50 heavy (non-hydrogen) atoms. The summed E-state index contributed by atoms with van der Waals surface area (Å²) in [5, 5.41) is 12.6. The molecule has 4 aromatic rings. The van der Waals surface area contributed by atoms with Gasteiger partial charge in [-0.3, -0.25) is 9.59 Å². The topological polar surface area (TPSA) is 105 Å². The second kappa shape index (κ2) is 16.1. The minimum absolute atomic E-state index is 0.0189. The number of rotatable bonds is 13. The van der Waals surface area contributed by atoms with Crippen LogP contribution in [0.15, 0.2) is 88.3 Å². The molecule has 6 rings (SSSR count). The van der Waals surface area contributed by atoms with Crippen LogP contribution in [0.1, 0.15) is 70.2 Å². The van der Waals surface area contributed by atoms with E-state index >= 15 is 0 Å². The lowest BCUT2D eigenvalue weighted by molar-refractivity contribution is 0.0776. The van der Waals surface area contributed by atoms with Crippen molar-refractivity contribution in [2.24, 2.45) is 21.4 Å². The van der Waals surface area contributed by atoms with Crippen LogP contribution < -0.4 is 4.74 Å². The first-order valence-electron chi connectivity index (χ1n) is 16.9. The van der Waals surface area contributed by atoms with Crippen LogP contribution in [-0.2, 0) is 6.54 Å². The number of imidazole rings is 1. The van der Waals surface area contributed by atoms with E-state index in [2.05, 4.69) is 26.4 Å². The van der Waals surface area contributed by atoms with Crippen molar-refractivity contribution < 1.29 is 14.3 Å². The number of hydrogen-bond acceptors (Lipinski definition) is 8. The molecule has 2 unspecified atom stereocenters. The number of ketones is 1. The molecule has 2 aliphatic heterocycles. The van der Waals surface area contributed by atoms with Gasteiger partial charge >= 0.3 is 0 Å². The maximum atomic E-state index is 13.9. The zero-order valence-electron chi connectivity index (χ0n) is 28.5. The number of carbonyl (C=O) groups is 2. The van der Waals surface area contributed by atoms with Gasteiger partial charge in [0.1, 0.15) is 11.8 Å². The molecule has 0 bridgehead atoms. The summed E-state index contributed by atoms with van der Waals surface area (Å²) in [6.07, 6.45) is 8.00. The average molecular weight is 715 g/mol. The fourth-order valence-corrected chi connectivity index (χ4v) is 7.09. The first kappa shape index (κ1) is 35.4. The van der Waals surface area contributed by atoms with Gasteiger partial charge in [0, 0.05) is 32.0 Å². The van der Waals surface area contributed by atoms with Crippen LogP contribution in [0, 0.1) is 5.92 Å². The summed E-state index contributed by atoms with van der Waals surface area (Å²) in [7, 11) is 3.36. The van der Waals surface area contributed by atoms with E-state index < -0.39 is 0 Å². The number of ether oxygens (including phenoxy) is 1. The van der Waals surface area contributed by atoms with Gasteiger partial charge in [0.2, 0.25) is 5.78 Å². The molecule has 12 heteroatoms. The van der Waals surface area contributed by atoms with Crippen molar-refractivity contribution in [1.29, 1.82) is 0 Å². The molecule has 260 valence electrons.